The highest BCUT2D eigenvalue weighted by Crippen LogP contribution is 2.25. The van der Waals surface area contributed by atoms with Gasteiger partial charge in [0, 0.05) is 31.6 Å². The number of carbonyl (C=O) groups is 2. The zero-order valence-corrected chi connectivity index (χ0v) is 15.6. The van der Waals surface area contributed by atoms with Gasteiger partial charge in [-0.15, -0.1) is 0 Å². The van der Waals surface area contributed by atoms with Crippen LogP contribution in [0.1, 0.15) is 26.7 Å². The molecule has 0 aromatic heterocycles. The van der Waals surface area contributed by atoms with E-state index < -0.39 is 17.5 Å². The van der Waals surface area contributed by atoms with Crippen molar-refractivity contribution in [2.45, 2.75) is 26.7 Å². The quantitative estimate of drug-likeness (QED) is 0.329. The summed E-state index contributed by atoms with van der Waals surface area (Å²) in [6.45, 7) is 12.9. The lowest BCUT2D eigenvalue weighted by Crippen LogP contribution is -2.32. The Hall–Kier alpha value is -3.96. The fourth-order valence-corrected chi connectivity index (χ4v) is 2.87. The van der Waals surface area contributed by atoms with Crippen molar-refractivity contribution in [2.24, 2.45) is 4.99 Å². The fraction of sp³-hybridized carbons (Fsp3) is 0.300. The number of nitrogens with zero attached hydrogens (tertiary/aromatic N) is 6. The summed E-state index contributed by atoms with van der Waals surface area (Å²) in [5.74, 6) is -1.12. The molecule has 0 atom stereocenters. The van der Waals surface area contributed by atoms with Crippen molar-refractivity contribution in [3.63, 3.8) is 0 Å². The zero-order valence-electron chi connectivity index (χ0n) is 15.6. The Balaban J connectivity index is 2.54. The zero-order chi connectivity index (χ0) is 20.7. The Kier molecular flexibility index (Phi) is 6.63. The molecule has 1 saturated heterocycles. The molecule has 2 amide bonds. The molecule has 0 radical (unpaired) electrons. The summed E-state index contributed by atoms with van der Waals surface area (Å²) in [5, 5.41) is 18.8. The van der Waals surface area contributed by atoms with Gasteiger partial charge in [-0.2, -0.15) is 5.26 Å². The van der Waals surface area contributed by atoms with Gasteiger partial charge in [0.05, 0.1) is 18.3 Å². The van der Waals surface area contributed by atoms with Crippen molar-refractivity contribution in [1.29, 1.82) is 10.5 Å². The van der Waals surface area contributed by atoms with Gasteiger partial charge in [-0.25, -0.2) is 15.1 Å². The highest BCUT2D eigenvalue weighted by atomic mass is 16.2. The molecule has 8 heteroatoms. The molecule has 0 aliphatic carbocycles. The topological polar surface area (TPSA) is 105 Å². The third kappa shape index (κ3) is 4.06. The number of rotatable bonds is 6. The van der Waals surface area contributed by atoms with Crippen LogP contribution in [-0.2, 0) is 9.59 Å². The van der Waals surface area contributed by atoms with E-state index in [1.165, 1.54) is 0 Å². The van der Waals surface area contributed by atoms with Gasteiger partial charge in [-0.1, -0.05) is 0 Å². The Labute approximate surface area is 163 Å². The van der Waals surface area contributed by atoms with E-state index in [1.807, 2.05) is 32.0 Å². The molecule has 2 rings (SSSR count). The monoisotopic (exact) mass is 374 g/mol. The number of likely N-dealkylation sites (tertiary alicyclic amines) is 1. The second-order valence-electron chi connectivity index (χ2n) is 5.80. The average molecular weight is 374 g/mol. The van der Waals surface area contributed by atoms with Crippen molar-refractivity contribution in [1.82, 2.24) is 4.90 Å². The van der Waals surface area contributed by atoms with Crippen molar-refractivity contribution < 1.29 is 9.59 Å². The molecular formula is C20H18N6O2. The van der Waals surface area contributed by atoms with Crippen LogP contribution in [0.3, 0.4) is 0 Å². The van der Waals surface area contributed by atoms with Crippen LogP contribution in [0.2, 0.25) is 0 Å². The molecule has 0 bridgehead atoms. The number of imide groups is 1. The van der Waals surface area contributed by atoms with Crippen molar-refractivity contribution in [2.75, 3.05) is 18.0 Å². The molecule has 140 valence electrons. The molecular weight excluding hydrogens is 356 g/mol. The van der Waals surface area contributed by atoms with Gasteiger partial charge < -0.3 is 4.90 Å². The van der Waals surface area contributed by atoms with Gasteiger partial charge in [-0.05, 0) is 38.1 Å². The predicted octanol–water partition coefficient (Wildman–Crippen LogP) is 2.93. The van der Waals surface area contributed by atoms with Crippen molar-refractivity contribution in [3.05, 3.63) is 47.1 Å². The number of nitriles is 2. The molecule has 0 spiro atoms. The smallest absolute Gasteiger partial charge is 0.288 e. The molecule has 1 aromatic carbocycles. The maximum absolute atomic E-state index is 12.1. The largest absolute Gasteiger partial charge is 0.372 e. The molecule has 1 fully saturated rings. The number of amides is 2. The molecule has 28 heavy (non-hydrogen) atoms. The van der Waals surface area contributed by atoms with E-state index in [2.05, 4.69) is 14.7 Å². The molecule has 1 aromatic rings. The lowest BCUT2D eigenvalue weighted by molar-refractivity contribution is -0.135. The maximum atomic E-state index is 12.1. The number of hydrogen-bond acceptors (Lipinski definition) is 6. The van der Waals surface area contributed by atoms with Crippen molar-refractivity contribution >= 4 is 28.9 Å². The standard InChI is InChI=1S/C20H18N6O2/c1-4-25(5-2)15-8-6-14(7-9-15)24-17(13-22)20(16(12-21)23-3)26-18(27)10-11-19(26)28/h6-9H,4-5,10-11H2,1-2H3/b20-16-,24-17?. The third-order valence-corrected chi connectivity index (χ3v) is 4.27. The second kappa shape index (κ2) is 9.12. The van der Waals surface area contributed by atoms with Crippen LogP contribution in [0.15, 0.2) is 40.7 Å². The minimum atomic E-state index is -0.559. The van der Waals surface area contributed by atoms with Gasteiger partial charge in [-0.3, -0.25) is 14.5 Å². The highest BCUT2D eigenvalue weighted by molar-refractivity contribution is 6.19. The normalized spacial score (nSPS) is 14.8. The summed E-state index contributed by atoms with van der Waals surface area (Å²) < 4.78 is 0. The minimum absolute atomic E-state index is 0.0314. The van der Waals surface area contributed by atoms with E-state index >= 15 is 0 Å². The summed E-state index contributed by atoms with van der Waals surface area (Å²) in [4.78, 5) is 34.4. The second-order valence-corrected chi connectivity index (χ2v) is 5.80. The van der Waals surface area contributed by atoms with Gasteiger partial charge in [0.15, 0.2) is 5.71 Å². The van der Waals surface area contributed by atoms with Gasteiger partial charge in [0.2, 0.25) is 11.8 Å². The highest BCUT2D eigenvalue weighted by Gasteiger charge is 2.36. The summed E-state index contributed by atoms with van der Waals surface area (Å²) >= 11 is 0. The van der Waals surface area contributed by atoms with Gasteiger partial charge >= 0.3 is 0 Å². The summed E-state index contributed by atoms with van der Waals surface area (Å²) in [5.41, 5.74) is 0.198. The van der Waals surface area contributed by atoms with Crippen LogP contribution in [-0.4, -0.2) is 35.5 Å². The SMILES string of the molecule is [C-]#[N+]/C(C#N)=C(/C(C#N)=Nc1ccc(N(CC)CC)cc1)N1C(=O)CCC1=O. The van der Waals surface area contributed by atoms with Crippen LogP contribution in [0, 0.1) is 29.2 Å². The molecule has 0 saturated carbocycles. The third-order valence-electron chi connectivity index (χ3n) is 4.27. The van der Waals surface area contributed by atoms with Gasteiger partial charge in [0.1, 0.15) is 11.8 Å². The van der Waals surface area contributed by atoms with Gasteiger partial charge in [0.25, 0.3) is 5.70 Å². The minimum Gasteiger partial charge on any atom is -0.372 e. The number of benzene rings is 1. The van der Waals surface area contributed by atoms with Crippen LogP contribution in [0.5, 0.6) is 0 Å². The lowest BCUT2D eigenvalue weighted by atomic mass is 10.2. The number of aliphatic imine (C=N–C) groups is 1. The maximum Gasteiger partial charge on any atom is 0.288 e. The predicted molar refractivity (Wildman–Crippen MR) is 103 cm³/mol. The first-order valence-electron chi connectivity index (χ1n) is 8.72. The van der Waals surface area contributed by atoms with Crippen molar-refractivity contribution in [3.8, 4) is 12.1 Å². The molecule has 8 nitrogen and oxygen atoms in total. The van der Waals surface area contributed by atoms with E-state index in [0.717, 1.165) is 23.7 Å². The van der Waals surface area contributed by atoms with Crippen LogP contribution < -0.4 is 4.90 Å². The number of carbonyl (C=O) groups excluding carboxylic acids is 2. The van der Waals surface area contributed by atoms with Crippen LogP contribution in [0.4, 0.5) is 11.4 Å². The lowest BCUT2D eigenvalue weighted by Gasteiger charge is -2.21. The number of allylic oxidation sites excluding steroid dienone is 2. The molecule has 0 unspecified atom stereocenters. The van der Waals surface area contributed by atoms with Crippen LogP contribution >= 0.6 is 0 Å². The summed E-state index contributed by atoms with van der Waals surface area (Å²) in [6.07, 6.45) is -0.0629. The number of hydrogen-bond donors (Lipinski definition) is 0. The molecule has 0 N–H and O–H groups in total. The first kappa shape index (κ1) is 20.4. The van der Waals surface area contributed by atoms with E-state index in [1.54, 1.807) is 18.2 Å². The van der Waals surface area contributed by atoms with E-state index in [9.17, 15) is 20.1 Å². The van der Waals surface area contributed by atoms with Crippen LogP contribution in [0.25, 0.3) is 4.85 Å². The molecule has 1 aliphatic heterocycles. The average Bonchev–Trinajstić information content (AvgIpc) is 3.04. The van der Waals surface area contributed by atoms with E-state index in [4.69, 9.17) is 6.57 Å². The Morgan fingerprint density at radius 3 is 2.14 bits per heavy atom. The Bertz CT molecular complexity index is 934. The Morgan fingerprint density at radius 2 is 1.71 bits per heavy atom. The Morgan fingerprint density at radius 1 is 1.14 bits per heavy atom. The first-order chi connectivity index (χ1) is 13.5. The molecule has 1 heterocycles. The fourth-order valence-electron chi connectivity index (χ4n) is 2.87. The summed E-state index contributed by atoms with van der Waals surface area (Å²) in [7, 11) is 0. The summed E-state index contributed by atoms with van der Waals surface area (Å²) in [6, 6.07) is 10.5. The van der Waals surface area contributed by atoms with E-state index in [-0.39, 0.29) is 24.3 Å². The van der Waals surface area contributed by atoms with E-state index in [0.29, 0.717) is 5.69 Å². The molecule has 1 aliphatic rings. The number of anilines is 1. The first-order valence-corrected chi connectivity index (χ1v) is 8.72.